The third kappa shape index (κ3) is 1.36. The summed E-state index contributed by atoms with van der Waals surface area (Å²) in [6, 6.07) is 5.61. The van der Waals surface area contributed by atoms with Crippen molar-refractivity contribution in [2.75, 3.05) is 6.61 Å². The Labute approximate surface area is 82.2 Å². The van der Waals surface area contributed by atoms with Gasteiger partial charge in [-0.1, -0.05) is 0 Å². The summed E-state index contributed by atoms with van der Waals surface area (Å²) < 4.78 is 1.93. The predicted octanol–water partition coefficient (Wildman–Crippen LogP) is 1.65. The number of hydrogen-bond donors (Lipinski definition) is 2. The molecule has 0 radical (unpaired) electrons. The van der Waals surface area contributed by atoms with Crippen LogP contribution in [0.25, 0.3) is 10.9 Å². The summed E-state index contributed by atoms with van der Waals surface area (Å²) in [6.07, 6.45) is 1.88. The molecule has 3 nitrogen and oxygen atoms in total. The fourth-order valence-corrected chi connectivity index (χ4v) is 1.72. The number of benzene rings is 1. The lowest BCUT2D eigenvalue weighted by Crippen LogP contribution is -1.99. The normalized spacial score (nSPS) is 11.0. The minimum absolute atomic E-state index is 0.110. The number of aliphatic hydroxyl groups excluding tert-OH is 1. The molecule has 0 saturated heterocycles. The van der Waals surface area contributed by atoms with Gasteiger partial charge in [0.05, 0.1) is 12.1 Å². The minimum atomic E-state index is 0.110. The zero-order valence-electron chi connectivity index (χ0n) is 8.07. The molecule has 0 unspecified atom stereocenters. The summed E-state index contributed by atoms with van der Waals surface area (Å²) in [4.78, 5) is 0. The molecule has 0 bridgehead atoms. The lowest BCUT2D eigenvalue weighted by Gasteiger charge is -2.04. The topological polar surface area (TPSA) is 45.4 Å². The summed E-state index contributed by atoms with van der Waals surface area (Å²) in [5.74, 6) is 0.302. The molecule has 3 heteroatoms. The molecule has 1 heterocycles. The second-order valence-corrected chi connectivity index (χ2v) is 3.45. The Kier molecular flexibility index (Phi) is 2.17. The Bertz CT molecular complexity index is 460. The van der Waals surface area contributed by atoms with E-state index >= 15 is 0 Å². The number of aliphatic hydroxyl groups is 1. The van der Waals surface area contributed by atoms with Gasteiger partial charge in [0, 0.05) is 18.1 Å². The number of hydrogen-bond acceptors (Lipinski definition) is 2. The Morgan fingerprint density at radius 3 is 2.86 bits per heavy atom. The molecule has 0 atom stereocenters. The van der Waals surface area contributed by atoms with Crippen LogP contribution in [0.15, 0.2) is 24.4 Å². The maximum absolute atomic E-state index is 9.66. The predicted molar refractivity (Wildman–Crippen MR) is 55.4 cm³/mol. The average molecular weight is 191 g/mol. The van der Waals surface area contributed by atoms with E-state index in [1.165, 1.54) is 0 Å². The molecule has 0 aliphatic heterocycles. The van der Waals surface area contributed by atoms with Crippen LogP contribution in [0.5, 0.6) is 5.75 Å². The maximum Gasteiger partial charge on any atom is 0.125 e. The van der Waals surface area contributed by atoms with E-state index in [4.69, 9.17) is 5.11 Å². The molecule has 2 rings (SSSR count). The van der Waals surface area contributed by atoms with Crippen molar-refractivity contribution >= 4 is 10.9 Å². The molecule has 2 aromatic rings. The number of nitrogens with zero attached hydrogens (tertiary/aromatic N) is 1. The smallest absolute Gasteiger partial charge is 0.125 e. The van der Waals surface area contributed by atoms with Crippen LogP contribution in [-0.4, -0.2) is 21.4 Å². The van der Waals surface area contributed by atoms with Gasteiger partial charge in [0.25, 0.3) is 0 Å². The zero-order valence-corrected chi connectivity index (χ0v) is 8.07. The summed E-state index contributed by atoms with van der Waals surface area (Å²) in [6.45, 7) is 2.61. The van der Waals surface area contributed by atoms with Crippen molar-refractivity contribution in [3.8, 4) is 5.75 Å². The van der Waals surface area contributed by atoms with Gasteiger partial charge in [-0.2, -0.15) is 0 Å². The fraction of sp³-hybridized carbons (Fsp3) is 0.273. The van der Waals surface area contributed by atoms with Crippen LogP contribution in [0.2, 0.25) is 0 Å². The molecule has 0 fully saturated rings. The van der Waals surface area contributed by atoms with Gasteiger partial charge in [0.1, 0.15) is 5.75 Å². The highest BCUT2D eigenvalue weighted by molar-refractivity contribution is 5.86. The molecule has 0 aliphatic rings. The van der Waals surface area contributed by atoms with Crippen molar-refractivity contribution in [1.82, 2.24) is 4.57 Å². The van der Waals surface area contributed by atoms with Crippen LogP contribution in [-0.2, 0) is 6.54 Å². The van der Waals surface area contributed by atoms with Crippen molar-refractivity contribution in [2.24, 2.45) is 0 Å². The Morgan fingerprint density at radius 2 is 2.14 bits per heavy atom. The molecule has 74 valence electrons. The van der Waals surface area contributed by atoms with Crippen LogP contribution in [0.4, 0.5) is 0 Å². The first-order valence-electron chi connectivity index (χ1n) is 4.61. The van der Waals surface area contributed by atoms with Crippen LogP contribution in [0, 0.1) is 6.92 Å². The second kappa shape index (κ2) is 3.35. The van der Waals surface area contributed by atoms with Crippen molar-refractivity contribution in [3.05, 3.63) is 30.0 Å². The van der Waals surface area contributed by atoms with Crippen LogP contribution >= 0.6 is 0 Å². The van der Waals surface area contributed by atoms with E-state index in [0.717, 1.165) is 16.5 Å². The largest absolute Gasteiger partial charge is 0.507 e. The minimum Gasteiger partial charge on any atom is -0.507 e. The van der Waals surface area contributed by atoms with Crippen molar-refractivity contribution < 1.29 is 10.2 Å². The number of aryl methyl sites for hydroxylation is 1. The van der Waals surface area contributed by atoms with Crippen molar-refractivity contribution in [2.45, 2.75) is 13.5 Å². The lowest BCUT2D eigenvalue weighted by atomic mass is 10.1. The van der Waals surface area contributed by atoms with E-state index in [9.17, 15) is 5.11 Å². The third-order valence-electron chi connectivity index (χ3n) is 2.35. The Hall–Kier alpha value is -1.48. The maximum atomic E-state index is 9.66. The first-order valence-corrected chi connectivity index (χ1v) is 4.61. The first kappa shape index (κ1) is 9.09. The highest BCUT2D eigenvalue weighted by Crippen LogP contribution is 2.27. The first-order chi connectivity index (χ1) is 6.72. The zero-order chi connectivity index (χ0) is 10.1. The van der Waals surface area contributed by atoms with Crippen molar-refractivity contribution in [3.63, 3.8) is 0 Å². The van der Waals surface area contributed by atoms with Crippen LogP contribution < -0.4 is 0 Å². The molecule has 2 N–H and O–H groups in total. The number of phenolic OH excluding ortho intramolecular Hbond substituents is 1. The van der Waals surface area contributed by atoms with E-state index in [-0.39, 0.29) is 6.61 Å². The van der Waals surface area contributed by atoms with Gasteiger partial charge in [-0.05, 0) is 30.7 Å². The molecule has 0 aliphatic carbocycles. The second-order valence-electron chi connectivity index (χ2n) is 3.45. The quantitative estimate of drug-likeness (QED) is 0.758. The van der Waals surface area contributed by atoms with Gasteiger partial charge in [-0.3, -0.25) is 0 Å². The third-order valence-corrected chi connectivity index (χ3v) is 2.35. The van der Waals surface area contributed by atoms with Gasteiger partial charge in [-0.15, -0.1) is 0 Å². The van der Waals surface area contributed by atoms with E-state index in [1.807, 2.05) is 29.8 Å². The number of aromatic hydroxyl groups is 1. The van der Waals surface area contributed by atoms with E-state index in [2.05, 4.69) is 0 Å². The monoisotopic (exact) mass is 191 g/mol. The van der Waals surface area contributed by atoms with E-state index < -0.39 is 0 Å². The molecule has 1 aromatic heterocycles. The van der Waals surface area contributed by atoms with Gasteiger partial charge >= 0.3 is 0 Å². The molecule has 0 amide bonds. The summed E-state index contributed by atoms with van der Waals surface area (Å²) in [5, 5.41) is 19.3. The molecular formula is C11H13NO2. The summed E-state index contributed by atoms with van der Waals surface area (Å²) in [5.41, 5.74) is 1.99. The van der Waals surface area contributed by atoms with Gasteiger partial charge in [-0.25, -0.2) is 0 Å². The highest BCUT2D eigenvalue weighted by Gasteiger charge is 2.05. The molecule has 0 spiro atoms. The number of phenols is 1. The average Bonchev–Trinajstić information content (AvgIpc) is 2.49. The van der Waals surface area contributed by atoms with E-state index in [0.29, 0.717) is 12.3 Å². The molecular weight excluding hydrogens is 178 g/mol. The van der Waals surface area contributed by atoms with Gasteiger partial charge < -0.3 is 14.8 Å². The SMILES string of the molecule is Cc1cc(O)c2ccn(CCO)c2c1. The van der Waals surface area contributed by atoms with Gasteiger partial charge in [0.15, 0.2) is 0 Å². The summed E-state index contributed by atoms with van der Waals surface area (Å²) >= 11 is 0. The van der Waals surface area contributed by atoms with Crippen molar-refractivity contribution in [1.29, 1.82) is 0 Å². The Balaban J connectivity index is 2.66. The Morgan fingerprint density at radius 1 is 1.36 bits per heavy atom. The lowest BCUT2D eigenvalue weighted by molar-refractivity contribution is 0.278. The molecule has 0 saturated carbocycles. The molecule has 14 heavy (non-hydrogen) atoms. The van der Waals surface area contributed by atoms with E-state index in [1.54, 1.807) is 6.07 Å². The highest BCUT2D eigenvalue weighted by atomic mass is 16.3. The number of rotatable bonds is 2. The molecule has 1 aromatic carbocycles. The number of fused-ring (bicyclic) bond motifs is 1. The summed E-state index contributed by atoms with van der Waals surface area (Å²) in [7, 11) is 0. The number of aromatic nitrogens is 1. The van der Waals surface area contributed by atoms with Gasteiger partial charge in [0.2, 0.25) is 0 Å². The van der Waals surface area contributed by atoms with Crippen LogP contribution in [0.3, 0.4) is 0 Å². The fourth-order valence-electron chi connectivity index (χ4n) is 1.72. The van der Waals surface area contributed by atoms with Crippen LogP contribution in [0.1, 0.15) is 5.56 Å². The standard InChI is InChI=1S/C11H13NO2/c1-8-6-10-9(11(14)7-8)2-3-12(10)4-5-13/h2-3,6-7,13-14H,4-5H2,1H3.